The molecule has 6 atom stereocenters. The van der Waals surface area contributed by atoms with Gasteiger partial charge in [-0.15, -0.1) is 0 Å². The van der Waals surface area contributed by atoms with Gasteiger partial charge in [-0.05, 0) is 12.1 Å². The molecule has 0 aliphatic carbocycles. The summed E-state index contributed by atoms with van der Waals surface area (Å²) in [6, 6.07) is 17.4. The fourth-order valence-electron chi connectivity index (χ4n) is 4.91. The molecule has 2 aromatic carbocycles. The van der Waals surface area contributed by atoms with E-state index < -0.39 is 47.5 Å². The molecule has 3 saturated heterocycles. The van der Waals surface area contributed by atoms with Gasteiger partial charge in [0.15, 0.2) is 12.3 Å². The molecule has 5 rings (SSSR count). The van der Waals surface area contributed by atoms with Gasteiger partial charge in [0.2, 0.25) is 12.4 Å². The van der Waals surface area contributed by atoms with Crippen molar-refractivity contribution in [1.29, 1.82) is 0 Å². The van der Waals surface area contributed by atoms with Gasteiger partial charge in [0.25, 0.3) is 0 Å². The molecule has 3 aliphatic rings. The number of hydroxylamine groups is 3. The van der Waals surface area contributed by atoms with Crippen molar-refractivity contribution in [2.75, 3.05) is 40.0 Å². The molecule has 182 valence electrons. The smallest absolute Gasteiger partial charge is 0.338 e. The number of rotatable bonds is 5. The monoisotopic (exact) mass is 471 g/mol. The van der Waals surface area contributed by atoms with Crippen LogP contribution in [0.5, 0.6) is 0 Å². The first-order chi connectivity index (χ1) is 16.6. The Balaban J connectivity index is 1.48. The highest BCUT2D eigenvalue weighted by Gasteiger charge is 2.58. The zero-order chi connectivity index (χ0) is 23.5. The molecule has 3 heterocycles. The highest BCUT2D eigenvalue weighted by atomic mass is 16.8. The maximum Gasteiger partial charge on any atom is 0.338 e. The summed E-state index contributed by atoms with van der Waals surface area (Å²) in [6.45, 7) is 1.27. The number of quaternary nitrogens is 1. The van der Waals surface area contributed by atoms with Gasteiger partial charge < -0.3 is 38.3 Å². The number of carbonyl (C=O) groups excluding carboxylic acids is 1. The lowest BCUT2D eigenvalue weighted by atomic mass is 9.92. The molecule has 0 saturated carbocycles. The Hall–Kier alpha value is -2.37. The van der Waals surface area contributed by atoms with Crippen molar-refractivity contribution in [3.05, 3.63) is 77.0 Å². The first kappa shape index (κ1) is 23.4. The van der Waals surface area contributed by atoms with Crippen LogP contribution in [0.4, 0.5) is 0 Å². The summed E-state index contributed by atoms with van der Waals surface area (Å²) < 4.78 is 34.8. The fraction of sp³-hybridized carbons (Fsp3) is 0.480. The van der Waals surface area contributed by atoms with Crippen molar-refractivity contribution >= 4 is 5.97 Å². The third-order valence-electron chi connectivity index (χ3n) is 6.64. The number of benzene rings is 2. The second-order valence-corrected chi connectivity index (χ2v) is 8.69. The Kier molecular flexibility index (Phi) is 6.94. The maximum atomic E-state index is 14.2. The van der Waals surface area contributed by atoms with Crippen LogP contribution in [0, 0.1) is 5.21 Å². The van der Waals surface area contributed by atoms with Gasteiger partial charge in [-0.25, -0.2) is 4.79 Å². The van der Waals surface area contributed by atoms with E-state index in [1.165, 1.54) is 7.11 Å². The molecule has 0 aromatic heterocycles. The van der Waals surface area contributed by atoms with Crippen LogP contribution in [0.1, 0.15) is 22.2 Å². The standard InChI is InChI=1S/C25H29NO8/c1-29-25-22(33-23(27)17-8-4-2-5-9-17)20(26(28)12-14-30-15-13-26)21-19(32-25)16-31-24(34-21)18-10-6-3-7-11-18/h2-11,19-22,24-25H,12-16H2,1H3/t19-,20-,21-,22+,24?,25+/m1/s1. The largest absolute Gasteiger partial charge is 0.632 e. The number of carbonyl (C=O) groups is 1. The average Bonchev–Trinajstić information content (AvgIpc) is 2.89. The first-order valence-electron chi connectivity index (χ1n) is 11.5. The third kappa shape index (κ3) is 4.60. The van der Waals surface area contributed by atoms with E-state index in [1.807, 2.05) is 36.4 Å². The number of morpholine rings is 1. The zero-order valence-corrected chi connectivity index (χ0v) is 19.0. The van der Waals surface area contributed by atoms with Crippen LogP contribution in [0.25, 0.3) is 0 Å². The fourth-order valence-corrected chi connectivity index (χ4v) is 4.91. The summed E-state index contributed by atoms with van der Waals surface area (Å²) in [5.74, 6) is -0.550. The number of hydrogen-bond acceptors (Lipinski definition) is 8. The van der Waals surface area contributed by atoms with E-state index in [0.29, 0.717) is 18.8 Å². The normalized spacial score (nSPS) is 33.0. The number of nitrogens with zero attached hydrogens (tertiary/aromatic N) is 1. The minimum atomic E-state index is -0.982. The van der Waals surface area contributed by atoms with E-state index in [2.05, 4.69) is 0 Å². The molecule has 3 fully saturated rings. The van der Waals surface area contributed by atoms with Crippen molar-refractivity contribution in [2.45, 2.75) is 36.9 Å². The van der Waals surface area contributed by atoms with Crippen molar-refractivity contribution in [1.82, 2.24) is 0 Å². The lowest BCUT2D eigenvalue weighted by Gasteiger charge is -2.58. The molecule has 0 N–H and O–H groups in total. The SMILES string of the molecule is CO[C@H]1O[C@@H]2COC(c3ccccc3)O[C@H]2[C@@H]([N+]2([O-])CCOCC2)[C@@H]1OC(=O)c1ccccc1. The van der Waals surface area contributed by atoms with E-state index >= 15 is 0 Å². The topological polar surface area (TPSA) is 95.5 Å². The minimum Gasteiger partial charge on any atom is -0.632 e. The van der Waals surface area contributed by atoms with E-state index in [0.717, 1.165) is 5.56 Å². The molecule has 0 amide bonds. The Morgan fingerprint density at radius 2 is 1.68 bits per heavy atom. The molecule has 0 bridgehead atoms. The van der Waals surface area contributed by atoms with Gasteiger partial charge in [0, 0.05) is 12.7 Å². The van der Waals surface area contributed by atoms with E-state index in [9.17, 15) is 10.0 Å². The summed E-state index contributed by atoms with van der Waals surface area (Å²) in [5.41, 5.74) is 1.22. The predicted molar refractivity (Wildman–Crippen MR) is 119 cm³/mol. The lowest BCUT2D eigenvalue weighted by molar-refractivity contribution is -0.923. The van der Waals surface area contributed by atoms with Crippen LogP contribution in [0.3, 0.4) is 0 Å². The third-order valence-corrected chi connectivity index (χ3v) is 6.64. The molecule has 3 aliphatic heterocycles. The summed E-state index contributed by atoms with van der Waals surface area (Å²) in [6.07, 6.45) is -3.80. The Morgan fingerprint density at radius 3 is 2.35 bits per heavy atom. The van der Waals surface area contributed by atoms with Crippen LogP contribution in [0.2, 0.25) is 0 Å². The quantitative estimate of drug-likeness (QED) is 0.373. The number of methoxy groups -OCH3 is 1. The van der Waals surface area contributed by atoms with Crippen molar-refractivity contribution in [3.8, 4) is 0 Å². The molecule has 9 nitrogen and oxygen atoms in total. The predicted octanol–water partition coefficient (Wildman–Crippen LogP) is 2.41. The number of hydrogen-bond donors (Lipinski definition) is 0. The second-order valence-electron chi connectivity index (χ2n) is 8.69. The van der Waals surface area contributed by atoms with Crippen LogP contribution in [-0.4, -0.2) is 81.3 Å². The molecule has 34 heavy (non-hydrogen) atoms. The maximum absolute atomic E-state index is 14.2. The Bertz CT molecular complexity index is 952. The molecule has 1 unspecified atom stereocenters. The van der Waals surface area contributed by atoms with Crippen molar-refractivity contribution < 1.29 is 37.9 Å². The molecule has 9 heteroatoms. The van der Waals surface area contributed by atoms with Gasteiger partial charge >= 0.3 is 5.97 Å². The Labute approximate surface area is 198 Å². The van der Waals surface area contributed by atoms with Crippen LogP contribution in [0.15, 0.2) is 60.7 Å². The van der Waals surface area contributed by atoms with Gasteiger partial charge in [0.05, 0.1) is 25.4 Å². The van der Waals surface area contributed by atoms with Gasteiger partial charge in [-0.2, -0.15) is 0 Å². The highest BCUT2D eigenvalue weighted by Crippen LogP contribution is 2.40. The van der Waals surface area contributed by atoms with Crippen molar-refractivity contribution in [3.63, 3.8) is 0 Å². The molecule has 2 aromatic rings. The van der Waals surface area contributed by atoms with E-state index in [4.69, 9.17) is 28.4 Å². The highest BCUT2D eigenvalue weighted by molar-refractivity contribution is 5.89. The van der Waals surface area contributed by atoms with E-state index in [-0.39, 0.29) is 19.7 Å². The first-order valence-corrected chi connectivity index (χ1v) is 11.5. The van der Waals surface area contributed by atoms with Gasteiger partial charge in [0.1, 0.15) is 25.3 Å². The van der Waals surface area contributed by atoms with Crippen LogP contribution in [-0.2, 0) is 28.4 Å². The molecular formula is C25H29NO8. The molecule has 0 radical (unpaired) electrons. The average molecular weight is 472 g/mol. The minimum absolute atomic E-state index is 0.212. The number of esters is 1. The van der Waals surface area contributed by atoms with Gasteiger partial charge in [-0.1, -0.05) is 48.5 Å². The van der Waals surface area contributed by atoms with Gasteiger partial charge in [-0.3, -0.25) is 0 Å². The van der Waals surface area contributed by atoms with Crippen LogP contribution >= 0.6 is 0 Å². The zero-order valence-electron chi connectivity index (χ0n) is 19.0. The number of fused-ring (bicyclic) bond motifs is 1. The van der Waals surface area contributed by atoms with Crippen LogP contribution < -0.4 is 0 Å². The lowest BCUT2D eigenvalue weighted by Crippen LogP contribution is -2.74. The molecular weight excluding hydrogens is 442 g/mol. The molecule has 0 spiro atoms. The summed E-state index contributed by atoms with van der Waals surface area (Å²) >= 11 is 0. The second kappa shape index (κ2) is 10.1. The van der Waals surface area contributed by atoms with Crippen molar-refractivity contribution in [2.24, 2.45) is 0 Å². The summed E-state index contributed by atoms with van der Waals surface area (Å²) in [5, 5.41) is 14.2. The summed E-state index contributed by atoms with van der Waals surface area (Å²) in [4.78, 5) is 13.0. The Morgan fingerprint density at radius 1 is 1.00 bits per heavy atom. The van der Waals surface area contributed by atoms with E-state index in [1.54, 1.807) is 24.3 Å². The summed E-state index contributed by atoms with van der Waals surface area (Å²) in [7, 11) is 1.47. The number of ether oxygens (including phenoxy) is 6.